The van der Waals surface area contributed by atoms with Crippen LogP contribution in [0, 0.1) is 29.1 Å². The molecule has 0 bridgehead atoms. The van der Waals surface area contributed by atoms with Gasteiger partial charge in [0.25, 0.3) is 5.92 Å². The summed E-state index contributed by atoms with van der Waals surface area (Å²) in [5.41, 5.74) is 7.79. The summed E-state index contributed by atoms with van der Waals surface area (Å²) in [5.74, 6) is -7.04. The summed E-state index contributed by atoms with van der Waals surface area (Å²) in [4.78, 5) is 16.2. The molecule has 35 heavy (non-hydrogen) atoms. The summed E-state index contributed by atoms with van der Waals surface area (Å²) in [7, 11) is -4.21. The largest absolute Gasteiger partial charge is 0.370 e. The van der Waals surface area contributed by atoms with Crippen LogP contribution < -0.4 is 10.5 Å². The number of carbonyl (C=O) groups is 1. The van der Waals surface area contributed by atoms with Gasteiger partial charge in [0.05, 0.1) is 17.3 Å². The molecule has 0 radical (unpaired) electrons. The van der Waals surface area contributed by atoms with Crippen LogP contribution in [0.25, 0.3) is 17.2 Å². The Morgan fingerprint density at radius 3 is 2.63 bits per heavy atom. The summed E-state index contributed by atoms with van der Waals surface area (Å²) >= 11 is 0. The lowest BCUT2D eigenvalue weighted by Gasteiger charge is -2.48. The molecular weight excluding hydrogens is 474 g/mol. The van der Waals surface area contributed by atoms with E-state index in [0.717, 1.165) is 11.1 Å². The van der Waals surface area contributed by atoms with Gasteiger partial charge in [0.15, 0.2) is 0 Å². The molecular formula is C25H26F2N4O3S. The van der Waals surface area contributed by atoms with Crippen molar-refractivity contribution in [3.63, 3.8) is 0 Å². The van der Waals surface area contributed by atoms with Crippen molar-refractivity contribution < 1.29 is 22.0 Å². The highest BCUT2D eigenvalue weighted by Crippen LogP contribution is 2.58. The van der Waals surface area contributed by atoms with E-state index in [1.807, 2.05) is 12.1 Å². The van der Waals surface area contributed by atoms with Crippen LogP contribution in [0.15, 0.2) is 48.7 Å². The van der Waals surface area contributed by atoms with Gasteiger partial charge >= 0.3 is 0 Å². The Bertz CT molecular complexity index is 1320. The van der Waals surface area contributed by atoms with E-state index in [9.17, 15) is 18.5 Å². The zero-order valence-electron chi connectivity index (χ0n) is 19.3. The number of pyridine rings is 1. The predicted octanol–water partition coefficient (Wildman–Crippen LogP) is 3.48. The number of halogens is 2. The Morgan fingerprint density at radius 1 is 1.29 bits per heavy atom. The summed E-state index contributed by atoms with van der Waals surface area (Å²) in [6.45, 7) is 3.03. The van der Waals surface area contributed by atoms with Crippen molar-refractivity contribution in [2.45, 2.75) is 43.4 Å². The van der Waals surface area contributed by atoms with Crippen molar-refractivity contribution in [2.75, 3.05) is 0 Å². The normalized spacial score (nSPS) is 31.1. The van der Waals surface area contributed by atoms with Gasteiger partial charge in [-0.05, 0) is 31.1 Å². The number of primary amides is 1. The van der Waals surface area contributed by atoms with Gasteiger partial charge in [-0.1, -0.05) is 37.3 Å². The second kappa shape index (κ2) is 8.81. The molecule has 2 heterocycles. The number of nitrogens with zero attached hydrogens (tertiary/aromatic N) is 2. The number of alkyl halides is 2. The predicted molar refractivity (Wildman–Crippen MR) is 127 cm³/mol. The van der Waals surface area contributed by atoms with Crippen LogP contribution in [-0.2, 0) is 14.8 Å². The molecule has 1 saturated carbocycles. The van der Waals surface area contributed by atoms with Gasteiger partial charge in [-0.2, -0.15) is 5.26 Å². The Labute approximate surface area is 203 Å². The number of carbonyl (C=O) groups excluding carboxylic acids is 1. The molecule has 0 spiro atoms. The first-order chi connectivity index (χ1) is 16.4. The van der Waals surface area contributed by atoms with Crippen LogP contribution in [-0.4, -0.2) is 36.0 Å². The fourth-order valence-corrected chi connectivity index (χ4v) is 7.99. The Kier molecular flexibility index (Phi) is 6.28. The standard InChI is InChI=1S/C25H26F2N4O3S/c1-15-20(10-9-19-8-7-18(13-30-19)21-6-4-3-5-17(21)12-28)23-16(2)31-35(33,34)24(23,11-22(29)32)14-25(15,26)27/h3-10,13,15-16,20,23,31H,11,14H2,1-2H3,(H2,29,32)/b10-9+/t15-,16+,20-,23-,24+/m0/s1. The number of nitrogens with two attached hydrogens (primary N) is 1. The third-order valence-corrected chi connectivity index (χ3v) is 9.64. The molecule has 184 valence electrons. The molecule has 1 amide bonds. The quantitative estimate of drug-likeness (QED) is 0.650. The van der Waals surface area contributed by atoms with Crippen LogP contribution in [0.3, 0.4) is 0 Å². The van der Waals surface area contributed by atoms with Crippen molar-refractivity contribution in [3.8, 4) is 17.2 Å². The average Bonchev–Trinajstić information content (AvgIpc) is 2.97. The minimum absolute atomic E-state index is 0.492. The third-order valence-electron chi connectivity index (χ3n) is 7.32. The molecule has 3 N–H and O–H groups in total. The molecule has 0 unspecified atom stereocenters. The number of allylic oxidation sites excluding steroid dienone is 1. The van der Waals surface area contributed by atoms with Gasteiger partial charge in [0.2, 0.25) is 15.9 Å². The van der Waals surface area contributed by atoms with Crippen LogP contribution in [0.1, 0.15) is 37.9 Å². The van der Waals surface area contributed by atoms with Crippen LogP contribution >= 0.6 is 0 Å². The SMILES string of the molecule is C[C@H]1NS(=O)(=O)[C@]2(CC(N)=O)CC(F)(F)[C@@H](C)[C@H](/C=C/c3ccc(-c4ccccc4C#N)cn3)[C@H]12. The van der Waals surface area contributed by atoms with Gasteiger partial charge in [0, 0.05) is 48.0 Å². The highest BCUT2D eigenvalue weighted by atomic mass is 32.2. The number of amides is 1. The molecule has 5 atom stereocenters. The number of benzene rings is 1. The molecule has 2 aromatic rings. The van der Waals surface area contributed by atoms with E-state index in [4.69, 9.17) is 5.73 Å². The van der Waals surface area contributed by atoms with Crippen molar-refractivity contribution >= 4 is 22.0 Å². The van der Waals surface area contributed by atoms with Crippen molar-refractivity contribution in [2.24, 2.45) is 23.5 Å². The lowest BCUT2D eigenvalue weighted by atomic mass is 9.61. The van der Waals surface area contributed by atoms with E-state index >= 15 is 8.78 Å². The van der Waals surface area contributed by atoms with Crippen molar-refractivity contribution in [3.05, 3.63) is 59.9 Å². The molecule has 2 aliphatic rings. The van der Waals surface area contributed by atoms with Gasteiger partial charge in [0.1, 0.15) is 4.75 Å². The first-order valence-electron chi connectivity index (χ1n) is 11.2. The molecule has 1 aromatic heterocycles. The number of fused-ring (bicyclic) bond motifs is 1. The van der Waals surface area contributed by atoms with Gasteiger partial charge in [-0.3, -0.25) is 9.78 Å². The number of aromatic nitrogens is 1. The highest BCUT2D eigenvalue weighted by molar-refractivity contribution is 7.91. The maximum Gasteiger partial charge on any atom is 0.252 e. The summed E-state index contributed by atoms with van der Waals surface area (Å²) < 4.78 is 56.8. The maximum absolute atomic E-state index is 15.2. The van der Waals surface area contributed by atoms with E-state index in [-0.39, 0.29) is 0 Å². The van der Waals surface area contributed by atoms with Gasteiger partial charge < -0.3 is 5.73 Å². The van der Waals surface area contributed by atoms with Crippen LogP contribution in [0.5, 0.6) is 0 Å². The minimum Gasteiger partial charge on any atom is -0.370 e. The first-order valence-corrected chi connectivity index (χ1v) is 12.7. The molecule has 1 saturated heterocycles. The Morgan fingerprint density at radius 2 is 2.00 bits per heavy atom. The fraction of sp³-hybridized carbons (Fsp3) is 0.400. The number of hydrogen-bond donors (Lipinski definition) is 2. The second-order valence-corrected chi connectivity index (χ2v) is 11.5. The van der Waals surface area contributed by atoms with E-state index in [1.54, 1.807) is 49.5 Å². The van der Waals surface area contributed by atoms with E-state index < -0.39 is 63.2 Å². The first kappa shape index (κ1) is 24.9. The number of hydrogen-bond acceptors (Lipinski definition) is 5. The topological polar surface area (TPSA) is 126 Å². The fourth-order valence-electron chi connectivity index (χ4n) is 5.68. The molecule has 2 fully saturated rings. The van der Waals surface area contributed by atoms with Crippen molar-refractivity contribution in [1.29, 1.82) is 5.26 Å². The molecule has 1 aromatic carbocycles. The molecule has 4 rings (SSSR count). The van der Waals surface area contributed by atoms with Crippen molar-refractivity contribution in [1.82, 2.24) is 9.71 Å². The van der Waals surface area contributed by atoms with Gasteiger partial charge in [-0.15, -0.1) is 0 Å². The Balaban J connectivity index is 1.70. The lowest BCUT2D eigenvalue weighted by molar-refractivity contribution is -0.133. The summed E-state index contributed by atoms with van der Waals surface area (Å²) in [6.07, 6.45) is 3.13. The van der Waals surface area contributed by atoms with Gasteiger partial charge in [-0.25, -0.2) is 21.9 Å². The Hall–Kier alpha value is -3.16. The number of sulfonamides is 1. The van der Waals surface area contributed by atoms with E-state index in [2.05, 4.69) is 15.8 Å². The summed E-state index contributed by atoms with van der Waals surface area (Å²) in [5, 5.41) is 9.32. The van der Waals surface area contributed by atoms with Crippen LogP contribution in [0.2, 0.25) is 0 Å². The van der Waals surface area contributed by atoms with Crippen LogP contribution in [0.4, 0.5) is 8.78 Å². The maximum atomic E-state index is 15.2. The lowest BCUT2D eigenvalue weighted by Crippen LogP contribution is -2.58. The zero-order chi connectivity index (χ0) is 25.6. The van der Waals surface area contributed by atoms with E-state index in [1.165, 1.54) is 6.92 Å². The molecule has 1 aliphatic carbocycles. The molecule has 1 aliphatic heterocycles. The monoisotopic (exact) mass is 500 g/mol. The minimum atomic E-state index is -4.21. The number of nitrogens with one attached hydrogen (secondary N) is 1. The average molecular weight is 501 g/mol. The highest BCUT2D eigenvalue weighted by Gasteiger charge is 2.69. The molecule has 10 heteroatoms. The number of rotatable bonds is 5. The zero-order valence-corrected chi connectivity index (χ0v) is 20.1. The smallest absolute Gasteiger partial charge is 0.252 e. The third kappa shape index (κ3) is 4.23. The van der Waals surface area contributed by atoms with E-state index in [0.29, 0.717) is 11.3 Å². The second-order valence-electron chi connectivity index (χ2n) is 9.44. The summed E-state index contributed by atoms with van der Waals surface area (Å²) in [6, 6.07) is 12.1. The molecule has 7 nitrogen and oxygen atoms in total. The number of nitriles is 1.